The van der Waals surface area contributed by atoms with E-state index in [9.17, 15) is 0 Å². The predicted octanol–water partition coefficient (Wildman–Crippen LogP) is 5.05. The van der Waals surface area contributed by atoms with Crippen molar-refractivity contribution in [3.8, 4) is 0 Å². The van der Waals surface area contributed by atoms with E-state index in [4.69, 9.17) is 11.6 Å². The molecule has 2 heteroatoms. The molecule has 2 rings (SSSR count). The topological polar surface area (TPSA) is 0 Å². The van der Waals surface area contributed by atoms with Crippen LogP contribution in [0.1, 0.15) is 22.1 Å². The highest BCUT2D eigenvalue weighted by molar-refractivity contribution is 7.98. The molecule has 88 valence electrons. The Morgan fingerprint density at radius 2 is 1.65 bits per heavy atom. The van der Waals surface area contributed by atoms with E-state index in [1.54, 1.807) is 11.8 Å². The first-order chi connectivity index (χ1) is 8.22. The van der Waals surface area contributed by atoms with Gasteiger partial charge >= 0.3 is 0 Å². The zero-order valence-electron chi connectivity index (χ0n) is 9.98. The number of thioether (sulfide) groups is 1. The van der Waals surface area contributed by atoms with Gasteiger partial charge in [-0.2, -0.15) is 0 Å². The quantitative estimate of drug-likeness (QED) is 0.551. The monoisotopic (exact) mass is 262 g/mol. The minimum atomic E-state index is -0.0701. The van der Waals surface area contributed by atoms with E-state index in [2.05, 4.69) is 49.6 Å². The first-order valence-corrected chi connectivity index (χ1v) is 7.22. The summed E-state index contributed by atoms with van der Waals surface area (Å²) >= 11 is 8.29. The normalized spacial score (nSPS) is 12.4. The molecule has 0 radical (unpaired) electrons. The molecule has 0 aromatic heterocycles. The molecule has 0 heterocycles. The molecule has 1 atom stereocenters. The van der Waals surface area contributed by atoms with Crippen molar-refractivity contribution in [2.45, 2.75) is 17.2 Å². The molecular weight excluding hydrogens is 248 g/mol. The molecule has 1 unspecified atom stereocenters. The predicted molar refractivity (Wildman–Crippen MR) is 77.1 cm³/mol. The third-order valence-electron chi connectivity index (χ3n) is 2.78. The van der Waals surface area contributed by atoms with Crippen LogP contribution in [0.15, 0.2) is 53.4 Å². The van der Waals surface area contributed by atoms with Gasteiger partial charge in [0.15, 0.2) is 0 Å². The summed E-state index contributed by atoms with van der Waals surface area (Å²) in [4.78, 5) is 1.24. The zero-order chi connectivity index (χ0) is 12.3. The summed E-state index contributed by atoms with van der Waals surface area (Å²) in [6.07, 6.45) is 2.08. The van der Waals surface area contributed by atoms with Gasteiger partial charge in [-0.25, -0.2) is 0 Å². The Kier molecular flexibility index (Phi) is 4.14. The van der Waals surface area contributed by atoms with Crippen LogP contribution >= 0.6 is 23.4 Å². The van der Waals surface area contributed by atoms with Gasteiger partial charge in [0.1, 0.15) is 0 Å². The second-order valence-corrected chi connectivity index (χ2v) is 5.30. The Bertz CT molecular complexity index is 491. The average Bonchev–Trinajstić information content (AvgIpc) is 2.39. The fraction of sp³-hybridized carbons (Fsp3) is 0.200. The van der Waals surface area contributed by atoms with Crippen LogP contribution in [-0.4, -0.2) is 6.26 Å². The second-order valence-electron chi connectivity index (χ2n) is 4.02. The lowest BCUT2D eigenvalue weighted by molar-refractivity contribution is 1.08. The molecule has 0 aliphatic rings. The van der Waals surface area contributed by atoms with Crippen LogP contribution in [-0.2, 0) is 0 Å². The van der Waals surface area contributed by atoms with E-state index in [0.717, 1.165) is 5.56 Å². The lowest BCUT2D eigenvalue weighted by atomic mass is 10.0. The standard InChI is InChI=1S/C15H15ClS/c1-11-7-9-12(10-8-11)15(16)13-5-3-4-6-14(13)17-2/h3-10,15H,1-2H3. The van der Waals surface area contributed by atoms with Gasteiger partial charge in [0.2, 0.25) is 0 Å². The number of halogens is 1. The fourth-order valence-corrected chi connectivity index (χ4v) is 2.83. The maximum atomic E-state index is 6.55. The molecule has 0 bridgehead atoms. The van der Waals surface area contributed by atoms with Crippen molar-refractivity contribution >= 4 is 23.4 Å². The number of alkyl halides is 1. The van der Waals surface area contributed by atoms with Crippen molar-refractivity contribution in [1.29, 1.82) is 0 Å². The third kappa shape index (κ3) is 2.85. The summed E-state index contributed by atoms with van der Waals surface area (Å²) < 4.78 is 0. The first kappa shape index (κ1) is 12.5. The molecule has 2 aromatic rings. The minimum Gasteiger partial charge on any atom is -0.129 e. The van der Waals surface area contributed by atoms with Gasteiger partial charge in [-0.15, -0.1) is 23.4 Å². The third-order valence-corrected chi connectivity index (χ3v) is 4.08. The van der Waals surface area contributed by atoms with Crippen LogP contribution < -0.4 is 0 Å². The molecule has 0 amide bonds. The van der Waals surface area contributed by atoms with Gasteiger partial charge in [0, 0.05) is 4.90 Å². The molecule has 0 saturated heterocycles. The van der Waals surface area contributed by atoms with Crippen LogP contribution in [0.3, 0.4) is 0 Å². The molecule has 17 heavy (non-hydrogen) atoms. The van der Waals surface area contributed by atoms with Crippen molar-refractivity contribution in [2.24, 2.45) is 0 Å². The van der Waals surface area contributed by atoms with Crippen LogP contribution in [0, 0.1) is 6.92 Å². The maximum absolute atomic E-state index is 6.55. The lowest BCUT2D eigenvalue weighted by Crippen LogP contribution is -1.95. The highest BCUT2D eigenvalue weighted by Gasteiger charge is 2.13. The lowest BCUT2D eigenvalue weighted by Gasteiger charge is -2.14. The van der Waals surface area contributed by atoms with Crippen molar-refractivity contribution in [1.82, 2.24) is 0 Å². The molecule has 0 aliphatic heterocycles. The van der Waals surface area contributed by atoms with Gasteiger partial charge in [0.05, 0.1) is 5.38 Å². The van der Waals surface area contributed by atoms with Crippen molar-refractivity contribution in [3.63, 3.8) is 0 Å². The summed E-state index contributed by atoms with van der Waals surface area (Å²) in [6.45, 7) is 2.09. The smallest absolute Gasteiger partial charge is 0.0846 e. The first-order valence-electron chi connectivity index (χ1n) is 5.56. The van der Waals surface area contributed by atoms with Crippen LogP contribution in [0.2, 0.25) is 0 Å². The van der Waals surface area contributed by atoms with Crippen molar-refractivity contribution in [2.75, 3.05) is 6.26 Å². The van der Waals surface area contributed by atoms with Crippen LogP contribution in [0.5, 0.6) is 0 Å². The van der Waals surface area contributed by atoms with Crippen LogP contribution in [0.4, 0.5) is 0 Å². The molecule has 2 aromatic carbocycles. The zero-order valence-corrected chi connectivity index (χ0v) is 11.6. The number of hydrogen-bond donors (Lipinski definition) is 0. The fourth-order valence-electron chi connectivity index (χ4n) is 1.79. The molecule has 0 fully saturated rings. The second kappa shape index (κ2) is 5.61. The Labute approximate surface area is 112 Å². The minimum absolute atomic E-state index is 0.0701. The number of hydrogen-bond acceptors (Lipinski definition) is 1. The van der Waals surface area contributed by atoms with E-state index in [-0.39, 0.29) is 5.38 Å². The SMILES string of the molecule is CSc1ccccc1C(Cl)c1ccc(C)cc1. The van der Waals surface area contributed by atoms with Crippen molar-refractivity contribution in [3.05, 3.63) is 65.2 Å². The number of benzene rings is 2. The van der Waals surface area contributed by atoms with Crippen molar-refractivity contribution < 1.29 is 0 Å². The van der Waals surface area contributed by atoms with Gasteiger partial charge in [-0.05, 0) is 30.4 Å². The number of aryl methyl sites for hydroxylation is 1. The maximum Gasteiger partial charge on any atom is 0.0846 e. The van der Waals surface area contributed by atoms with Gasteiger partial charge in [-0.3, -0.25) is 0 Å². The van der Waals surface area contributed by atoms with Gasteiger partial charge in [-0.1, -0.05) is 48.0 Å². The van der Waals surface area contributed by atoms with E-state index in [1.165, 1.54) is 16.0 Å². The Morgan fingerprint density at radius 1 is 1.00 bits per heavy atom. The molecule has 0 nitrogen and oxygen atoms in total. The summed E-state index contributed by atoms with van der Waals surface area (Å²) in [7, 11) is 0. The molecular formula is C15H15ClS. The summed E-state index contributed by atoms with van der Waals surface area (Å²) in [5.74, 6) is 0. The van der Waals surface area contributed by atoms with E-state index in [0.29, 0.717) is 0 Å². The Morgan fingerprint density at radius 3 is 2.29 bits per heavy atom. The average molecular weight is 263 g/mol. The number of rotatable bonds is 3. The van der Waals surface area contributed by atoms with E-state index >= 15 is 0 Å². The Hall–Kier alpha value is -0.920. The molecule has 0 aliphatic carbocycles. The summed E-state index contributed by atoms with van der Waals surface area (Å²) in [6, 6.07) is 16.7. The van der Waals surface area contributed by atoms with Gasteiger partial charge < -0.3 is 0 Å². The molecule has 0 spiro atoms. The largest absolute Gasteiger partial charge is 0.129 e. The highest BCUT2D eigenvalue weighted by Crippen LogP contribution is 2.34. The van der Waals surface area contributed by atoms with E-state index in [1.807, 2.05) is 12.1 Å². The molecule has 0 N–H and O–H groups in total. The van der Waals surface area contributed by atoms with E-state index < -0.39 is 0 Å². The summed E-state index contributed by atoms with van der Waals surface area (Å²) in [5, 5.41) is -0.0701. The molecule has 0 saturated carbocycles. The van der Waals surface area contributed by atoms with Crippen LogP contribution in [0.25, 0.3) is 0 Å². The Balaban J connectivity index is 2.36. The highest BCUT2D eigenvalue weighted by atomic mass is 35.5. The van der Waals surface area contributed by atoms with Gasteiger partial charge in [0.25, 0.3) is 0 Å². The summed E-state index contributed by atoms with van der Waals surface area (Å²) in [5.41, 5.74) is 3.60.